The molecule has 1 unspecified atom stereocenters. The maximum absolute atomic E-state index is 13.3. The number of amides is 1. The maximum atomic E-state index is 13.3. The van der Waals surface area contributed by atoms with E-state index in [1.807, 2.05) is 0 Å². The van der Waals surface area contributed by atoms with Gasteiger partial charge in [0, 0.05) is 28.3 Å². The van der Waals surface area contributed by atoms with Gasteiger partial charge < -0.3 is 16.8 Å². The lowest BCUT2D eigenvalue weighted by atomic mass is 9.70. The Bertz CT molecular complexity index is 794. The van der Waals surface area contributed by atoms with Crippen LogP contribution in [0.3, 0.4) is 0 Å². The van der Waals surface area contributed by atoms with Crippen molar-refractivity contribution in [2.24, 2.45) is 5.73 Å². The molecule has 0 saturated heterocycles. The van der Waals surface area contributed by atoms with Gasteiger partial charge in [0.25, 0.3) is 5.91 Å². The maximum Gasteiger partial charge on any atom is 0.412 e. The van der Waals surface area contributed by atoms with Crippen LogP contribution >= 0.6 is 0 Å². The van der Waals surface area contributed by atoms with Crippen LogP contribution in [0.2, 0.25) is 0 Å². The zero-order chi connectivity index (χ0) is 19.1. The summed E-state index contributed by atoms with van der Waals surface area (Å²) < 4.78 is 39.9. The molecule has 7 heteroatoms. The van der Waals surface area contributed by atoms with Crippen molar-refractivity contribution < 1.29 is 18.0 Å². The normalized spacial score (nSPS) is 23.3. The third-order valence-electron chi connectivity index (χ3n) is 4.92. The van der Waals surface area contributed by atoms with Crippen molar-refractivity contribution >= 4 is 5.91 Å². The second kappa shape index (κ2) is 6.46. The van der Waals surface area contributed by atoms with Gasteiger partial charge in [-0.2, -0.15) is 13.2 Å². The van der Waals surface area contributed by atoms with Gasteiger partial charge in [0.2, 0.25) is 0 Å². The van der Waals surface area contributed by atoms with Crippen LogP contribution in [0.5, 0.6) is 0 Å². The van der Waals surface area contributed by atoms with Crippen molar-refractivity contribution in [2.75, 3.05) is 6.54 Å². The largest absolute Gasteiger partial charge is 0.676 e. The van der Waals surface area contributed by atoms with Gasteiger partial charge in [-0.05, 0) is 55.5 Å². The Labute approximate surface area is 150 Å². The topological polar surface area (TPSA) is 78.9 Å². The molecule has 0 heterocycles. The fourth-order valence-electron chi connectivity index (χ4n) is 3.36. The van der Waals surface area contributed by atoms with E-state index in [4.69, 9.17) is 11.5 Å². The number of nitrogens with one attached hydrogen (secondary N) is 2. The summed E-state index contributed by atoms with van der Waals surface area (Å²) in [4.78, 5) is 12.3. The highest BCUT2D eigenvalue weighted by Crippen LogP contribution is 2.44. The highest BCUT2D eigenvalue weighted by Gasteiger charge is 2.41. The highest BCUT2D eigenvalue weighted by atomic mass is 19.4. The zero-order valence-electron chi connectivity index (χ0n) is 14.4. The monoisotopic (exact) mass is 364 g/mol. The SMILES string of the molecule is Cc1ccc(C(=O)NC2CC2)cc1C1(C[NH-])C=C(N)C=C(C(F)(F)F)C1. The second-order valence-corrected chi connectivity index (χ2v) is 7.10. The first-order valence-corrected chi connectivity index (χ1v) is 8.47. The van der Waals surface area contributed by atoms with E-state index < -0.39 is 17.2 Å². The van der Waals surface area contributed by atoms with Crippen molar-refractivity contribution in [1.82, 2.24) is 5.32 Å². The van der Waals surface area contributed by atoms with Crippen LogP contribution in [0.15, 0.2) is 41.6 Å². The molecule has 0 spiro atoms. The molecule has 1 atom stereocenters. The minimum atomic E-state index is -4.51. The zero-order valence-corrected chi connectivity index (χ0v) is 14.4. The minimum Gasteiger partial charge on any atom is -0.676 e. The van der Waals surface area contributed by atoms with E-state index in [9.17, 15) is 18.0 Å². The predicted molar refractivity (Wildman–Crippen MR) is 93.6 cm³/mol. The summed E-state index contributed by atoms with van der Waals surface area (Å²) in [7, 11) is 0. The number of allylic oxidation sites excluding steroid dienone is 2. The standard InChI is InChI=1S/C19H21F3N3O/c1-11-2-3-12(17(26)25-15-4-5-15)6-16(11)18(10-23)8-13(19(20,21)22)7-14(24)9-18/h2-3,6-7,9,15,23H,4-5,8,10,24H2,1H3,(H,25,26)/q-1. The summed E-state index contributed by atoms with van der Waals surface area (Å²) >= 11 is 0. The summed E-state index contributed by atoms with van der Waals surface area (Å²) in [5.41, 5.74) is 13.4. The predicted octanol–water partition coefficient (Wildman–Crippen LogP) is 3.91. The molecule has 0 aromatic heterocycles. The molecule has 2 aliphatic carbocycles. The lowest BCUT2D eigenvalue weighted by Crippen LogP contribution is -2.35. The van der Waals surface area contributed by atoms with Crippen LogP contribution in [0.1, 0.15) is 40.7 Å². The number of rotatable bonds is 4. The Hall–Kier alpha value is -2.28. The molecule has 1 saturated carbocycles. The van der Waals surface area contributed by atoms with E-state index >= 15 is 0 Å². The molecule has 0 radical (unpaired) electrons. The Balaban J connectivity index is 2.02. The average molecular weight is 364 g/mol. The summed E-state index contributed by atoms with van der Waals surface area (Å²) in [5.74, 6) is -0.242. The Morgan fingerprint density at radius 3 is 2.65 bits per heavy atom. The van der Waals surface area contributed by atoms with Crippen LogP contribution in [0.25, 0.3) is 5.73 Å². The van der Waals surface area contributed by atoms with Crippen molar-refractivity contribution in [1.29, 1.82) is 0 Å². The van der Waals surface area contributed by atoms with Gasteiger partial charge in [-0.3, -0.25) is 4.79 Å². The molecule has 1 aromatic rings. The first-order chi connectivity index (χ1) is 12.1. The number of nitrogens with two attached hydrogens (primary N) is 1. The molecule has 0 aliphatic heterocycles. The Morgan fingerprint density at radius 1 is 1.38 bits per heavy atom. The van der Waals surface area contributed by atoms with Crippen LogP contribution in [-0.2, 0) is 5.41 Å². The van der Waals surface area contributed by atoms with Crippen molar-refractivity contribution in [3.63, 3.8) is 0 Å². The number of benzene rings is 1. The molecule has 140 valence electrons. The molecule has 4 N–H and O–H groups in total. The van der Waals surface area contributed by atoms with Gasteiger partial charge >= 0.3 is 6.18 Å². The third kappa shape index (κ3) is 3.62. The second-order valence-electron chi connectivity index (χ2n) is 7.10. The minimum absolute atomic E-state index is 0.0111. The summed E-state index contributed by atoms with van der Waals surface area (Å²) in [6.45, 7) is 1.47. The quantitative estimate of drug-likeness (QED) is 0.849. The van der Waals surface area contributed by atoms with E-state index in [-0.39, 0.29) is 30.6 Å². The number of hydrogen-bond donors (Lipinski definition) is 2. The van der Waals surface area contributed by atoms with Gasteiger partial charge in [-0.1, -0.05) is 12.1 Å². The molecule has 26 heavy (non-hydrogen) atoms. The van der Waals surface area contributed by atoms with E-state index in [1.54, 1.807) is 25.1 Å². The van der Waals surface area contributed by atoms with Gasteiger partial charge in [-0.25, -0.2) is 0 Å². The van der Waals surface area contributed by atoms with E-state index in [1.165, 1.54) is 6.08 Å². The Morgan fingerprint density at radius 2 is 2.08 bits per heavy atom. The van der Waals surface area contributed by atoms with Crippen LogP contribution < -0.4 is 11.1 Å². The summed E-state index contributed by atoms with van der Waals surface area (Å²) in [6, 6.07) is 5.15. The number of aryl methyl sites for hydroxylation is 1. The molecule has 1 aromatic carbocycles. The number of carbonyl (C=O) groups is 1. The van der Waals surface area contributed by atoms with Gasteiger partial charge in [0.05, 0.1) is 0 Å². The fraction of sp³-hybridized carbons (Fsp3) is 0.421. The number of hydrogen-bond acceptors (Lipinski definition) is 2. The Kier molecular flexibility index (Phi) is 4.60. The lowest BCUT2D eigenvalue weighted by molar-refractivity contribution is -0.0956. The average Bonchev–Trinajstić information content (AvgIpc) is 3.37. The first kappa shape index (κ1) is 18.5. The molecule has 3 rings (SSSR count). The molecule has 1 amide bonds. The molecule has 0 bridgehead atoms. The van der Waals surface area contributed by atoms with E-state index in [0.29, 0.717) is 11.1 Å². The van der Waals surface area contributed by atoms with Gasteiger partial charge in [0.1, 0.15) is 0 Å². The highest BCUT2D eigenvalue weighted by molar-refractivity contribution is 5.95. The van der Waals surface area contributed by atoms with Crippen LogP contribution in [0, 0.1) is 6.92 Å². The first-order valence-electron chi connectivity index (χ1n) is 8.47. The molecular formula is C19H21F3N3O-. The number of carbonyl (C=O) groups excluding carboxylic acids is 1. The van der Waals surface area contributed by atoms with E-state index in [2.05, 4.69) is 5.32 Å². The lowest BCUT2D eigenvalue weighted by Gasteiger charge is -2.39. The third-order valence-corrected chi connectivity index (χ3v) is 4.92. The van der Waals surface area contributed by atoms with Crippen LogP contribution in [-0.4, -0.2) is 24.7 Å². The van der Waals surface area contributed by atoms with Crippen molar-refractivity contribution in [2.45, 2.75) is 43.8 Å². The van der Waals surface area contributed by atoms with Crippen molar-refractivity contribution in [3.05, 3.63) is 64.0 Å². The number of alkyl halides is 3. The van der Waals surface area contributed by atoms with Gasteiger partial charge in [0.15, 0.2) is 0 Å². The van der Waals surface area contributed by atoms with E-state index in [0.717, 1.165) is 24.5 Å². The summed E-state index contributed by atoms with van der Waals surface area (Å²) in [5, 5.41) is 2.87. The van der Waals surface area contributed by atoms with Gasteiger partial charge in [-0.15, -0.1) is 6.54 Å². The molecule has 4 nitrogen and oxygen atoms in total. The fourth-order valence-corrected chi connectivity index (χ4v) is 3.36. The van der Waals surface area contributed by atoms with Crippen molar-refractivity contribution in [3.8, 4) is 0 Å². The summed E-state index contributed by atoms with van der Waals surface area (Å²) in [6.07, 6.45) is -0.545. The smallest absolute Gasteiger partial charge is 0.412 e. The number of halogens is 3. The molecular weight excluding hydrogens is 343 g/mol. The van der Waals surface area contributed by atoms with Crippen LogP contribution in [0.4, 0.5) is 13.2 Å². The molecule has 2 aliphatic rings. The molecule has 1 fully saturated rings.